The predicted octanol–water partition coefficient (Wildman–Crippen LogP) is 5.62. The van der Waals surface area contributed by atoms with Crippen molar-refractivity contribution in [3.63, 3.8) is 0 Å². The molecule has 0 aliphatic heterocycles. The summed E-state index contributed by atoms with van der Waals surface area (Å²) in [6, 6.07) is 12.5. The standard InChI is InChI=1S/C21H28BrNO2/c1-4-6-11-23-14-18-12-20(24-5-2)21(13-19(18)22)25-15-17-9-7-16(3)8-10-17/h7-10,12-13,23H,4-6,11,14-15H2,1-3H3. The van der Waals surface area contributed by atoms with Gasteiger partial charge in [-0.05, 0) is 50.1 Å². The van der Waals surface area contributed by atoms with Gasteiger partial charge in [0.05, 0.1) is 6.61 Å². The largest absolute Gasteiger partial charge is 0.490 e. The summed E-state index contributed by atoms with van der Waals surface area (Å²) in [5.41, 5.74) is 3.58. The van der Waals surface area contributed by atoms with Gasteiger partial charge in [-0.15, -0.1) is 0 Å². The fourth-order valence-electron chi connectivity index (χ4n) is 2.46. The van der Waals surface area contributed by atoms with Crippen molar-refractivity contribution in [2.24, 2.45) is 0 Å². The minimum absolute atomic E-state index is 0.529. The first kappa shape index (κ1) is 19.8. The molecular weight excluding hydrogens is 378 g/mol. The van der Waals surface area contributed by atoms with Crippen LogP contribution >= 0.6 is 15.9 Å². The highest BCUT2D eigenvalue weighted by molar-refractivity contribution is 9.10. The summed E-state index contributed by atoms with van der Waals surface area (Å²) < 4.78 is 12.9. The molecule has 0 amide bonds. The Balaban J connectivity index is 2.07. The van der Waals surface area contributed by atoms with Crippen LogP contribution in [0.25, 0.3) is 0 Å². The molecule has 0 fully saturated rings. The Morgan fingerprint density at radius 3 is 2.40 bits per heavy atom. The molecular formula is C21H28BrNO2. The normalized spacial score (nSPS) is 10.7. The molecule has 0 saturated carbocycles. The Hall–Kier alpha value is -1.52. The molecule has 3 nitrogen and oxygen atoms in total. The zero-order valence-corrected chi connectivity index (χ0v) is 17.0. The van der Waals surface area contributed by atoms with E-state index in [0.29, 0.717) is 13.2 Å². The van der Waals surface area contributed by atoms with Crippen LogP contribution in [-0.2, 0) is 13.2 Å². The lowest BCUT2D eigenvalue weighted by atomic mass is 10.1. The van der Waals surface area contributed by atoms with E-state index in [1.807, 2.05) is 13.0 Å². The van der Waals surface area contributed by atoms with E-state index < -0.39 is 0 Å². The van der Waals surface area contributed by atoms with Crippen molar-refractivity contribution >= 4 is 15.9 Å². The van der Waals surface area contributed by atoms with Crippen molar-refractivity contribution in [3.05, 3.63) is 57.6 Å². The third-order valence-corrected chi connectivity index (χ3v) is 4.69. The van der Waals surface area contributed by atoms with E-state index in [0.717, 1.165) is 34.6 Å². The number of benzene rings is 2. The van der Waals surface area contributed by atoms with Crippen LogP contribution in [0.5, 0.6) is 11.5 Å². The van der Waals surface area contributed by atoms with Crippen LogP contribution in [0.15, 0.2) is 40.9 Å². The number of aryl methyl sites for hydroxylation is 1. The van der Waals surface area contributed by atoms with Crippen molar-refractivity contribution in [3.8, 4) is 11.5 Å². The van der Waals surface area contributed by atoms with E-state index in [-0.39, 0.29) is 0 Å². The summed E-state index contributed by atoms with van der Waals surface area (Å²) in [6.45, 7) is 9.27. The lowest BCUT2D eigenvalue weighted by molar-refractivity contribution is 0.269. The van der Waals surface area contributed by atoms with E-state index in [9.17, 15) is 0 Å². The van der Waals surface area contributed by atoms with Gasteiger partial charge in [0.1, 0.15) is 6.61 Å². The minimum atomic E-state index is 0.529. The first-order valence-corrected chi connectivity index (χ1v) is 9.77. The van der Waals surface area contributed by atoms with E-state index in [4.69, 9.17) is 9.47 Å². The van der Waals surface area contributed by atoms with Gasteiger partial charge >= 0.3 is 0 Å². The lowest BCUT2D eigenvalue weighted by Crippen LogP contribution is -2.15. The highest BCUT2D eigenvalue weighted by atomic mass is 79.9. The van der Waals surface area contributed by atoms with E-state index in [1.165, 1.54) is 24.0 Å². The number of hydrogen-bond donors (Lipinski definition) is 1. The molecule has 2 aromatic carbocycles. The van der Waals surface area contributed by atoms with Crippen LogP contribution in [0.2, 0.25) is 0 Å². The summed E-state index contributed by atoms with van der Waals surface area (Å²) in [6.07, 6.45) is 2.39. The Morgan fingerprint density at radius 2 is 1.72 bits per heavy atom. The minimum Gasteiger partial charge on any atom is -0.490 e. The average molecular weight is 406 g/mol. The monoisotopic (exact) mass is 405 g/mol. The first-order chi connectivity index (χ1) is 12.1. The van der Waals surface area contributed by atoms with Crippen LogP contribution in [-0.4, -0.2) is 13.2 Å². The molecule has 136 valence electrons. The second-order valence-corrected chi connectivity index (χ2v) is 6.98. The molecule has 2 rings (SSSR count). The summed E-state index contributed by atoms with van der Waals surface area (Å²) in [7, 11) is 0. The number of unbranched alkanes of at least 4 members (excludes halogenated alkanes) is 1. The van der Waals surface area contributed by atoms with E-state index in [2.05, 4.69) is 65.4 Å². The molecule has 0 heterocycles. The van der Waals surface area contributed by atoms with Gasteiger partial charge in [-0.3, -0.25) is 0 Å². The Bertz CT molecular complexity index is 656. The quantitative estimate of drug-likeness (QED) is 0.519. The lowest BCUT2D eigenvalue weighted by Gasteiger charge is -2.15. The molecule has 0 saturated heterocycles. The van der Waals surface area contributed by atoms with Gasteiger partial charge in [0, 0.05) is 11.0 Å². The Kier molecular flexibility index (Phi) is 8.29. The Morgan fingerprint density at radius 1 is 1.00 bits per heavy atom. The zero-order valence-electron chi connectivity index (χ0n) is 15.4. The number of rotatable bonds is 10. The Labute approximate surface area is 159 Å². The zero-order chi connectivity index (χ0) is 18.1. The van der Waals surface area contributed by atoms with Crippen LogP contribution in [0.1, 0.15) is 43.4 Å². The second-order valence-electron chi connectivity index (χ2n) is 6.13. The second kappa shape index (κ2) is 10.5. The molecule has 0 aliphatic rings. The molecule has 1 N–H and O–H groups in total. The SMILES string of the molecule is CCCCNCc1cc(OCC)c(OCc2ccc(C)cc2)cc1Br. The first-order valence-electron chi connectivity index (χ1n) is 8.98. The van der Waals surface area contributed by atoms with Crippen LogP contribution in [0, 0.1) is 6.92 Å². The summed E-state index contributed by atoms with van der Waals surface area (Å²) >= 11 is 3.66. The van der Waals surface area contributed by atoms with Crippen molar-refractivity contribution in [2.75, 3.05) is 13.2 Å². The van der Waals surface area contributed by atoms with E-state index >= 15 is 0 Å². The number of hydrogen-bond acceptors (Lipinski definition) is 3. The fraction of sp³-hybridized carbons (Fsp3) is 0.429. The maximum atomic E-state index is 6.02. The van der Waals surface area contributed by atoms with Gasteiger partial charge in [-0.25, -0.2) is 0 Å². The molecule has 0 aliphatic carbocycles. The maximum Gasteiger partial charge on any atom is 0.162 e. The van der Waals surface area contributed by atoms with Gasteiger partial charge in [0.25, 0.3) is 0 Å². The number of halogens is 1. The molecule has 2 aromatic rings. The highest BCUT2D eigenvalue weighted by Crippen LogP contribution is 2.34. The number of nitrogens with one attached hydrogen (secondary N) is 1. The maximum absolute atomic E-state index is 6.02. The molecule has 0 spiro atoms. The van der Waals surface area contributed by atoms with Gasteiger partial charge in [0.2, 0.25) is 0 Å². The summed E-state index contributed by atoms with van der Waals surface area (Å²) in [5.74, 6) is 1.57. The fourth-order valence-corrected chi connectivity index (χ4v) is 2.93. The molecule has 25 heavy (non-hydrogen) atoms. The van der Waals surface area contributed by atoms with Gasteiger partial charge in [-0.2, -0.15) is 0 Å². The topological polar surface area (TPSA) is 30.5 Å². The number of ether oxygens (including phenoxy) is 2. The molecule has 0 radical (unpaired) electrons. The third-order valence-electron chi connectivity index (χ3n) is 3.95. The van der Waals surface area contributed by atoms with Crippen molar-refractivity contribution in [2.45, 2.75) is 46.8 Å². The van der Waals surface area contributed by atoms with Crippen molar-refractivity contribution in [1.82, 2.24) is 5.32 Å². The molecule has 0 unspecified atom stereocenters. The smallest absolute Gasteiger partial charge is 0.162 e. The average Bonchev–Trinajstić information content (AvgIpc) is 2.61. The van der Waals surface area contributed by atoms with Crippen LogP contribution in [0.3, 0.4) is 0 Å². The van der Waals surface area contributed by atoms with Gasteiger partial charge in [0.15, 0.2) is 11.5 Å². The molecule has 0 atom stereocenters. The molecule has 0 aromatic heterocycles. The predicted molar refractivity (Wildman–Crippen MR) is 107 cm³/mol. The van der Waals surface area contributed by atoms with Crippen molar-refractivity contribution in [1.29, 1.82) is 0 Å². The van der Waals surface area contributed by atoms with Crippen LogP contribution < -0.4 is 14.8 Å². The van der Waals surface area contributed by atoms with E-state index in [1.54, 1.807) is 0 Å². The molecule has 0 bridgehead atoms. The van der Waals surface area contributed by atoms with Crippen molar-refractivity contribution < 1.29 is 9.47 Å². The van der Waals surface area contributed by atoms with Crippen LogP contribution in [0.4, 0.5) is 0 Å². The highest BCUT2D eigenvalue weighted by Gasteiger charge is 2.11. The molecule has 4 heteroatoms. The van der Waals surface area contributed by atoms with Gasteiger partial charge < -0.3 is 14.8 Å². The summed E-state index contributed by atoms with van der Waals surface area (Å²) in [4.78, 5) is 0. The van der Waals surface area contributed by atoms with Gasteiger partial charge in [-0.1, -0.05) is 59.1 Å². The third kappa shape index (κ3) is 6.37. The summed E-state index contributed by atoms with van der Waals surface area (Å²) in [5, 5.41) is 3.47.